The van der Waals surface area contributed by atoms with Crippen molar-refractivity contribution in [2.75, 3.05) is 31.1 Å². The van der Waals surface area contributed by atoms with Gasteiger partial charge in [0.15, 0.2) is 23.3 Å². The number of aryl methyl sites for hydroxylation is 4. The van der Waals surface area contributed by atoms with Gasteiger partial charge in [-0.3, -0.25) is 0 Å². The molecule has 0 radical (unpaired) electrons. The normalized spacial score (nSPS) is 26.0. The van der Waals surface area contributed by atoms with E-state index in [0.717, 1.165) is 99.6 Å². The molecule has 12 aromatic rings. The Balaban J connectivity index is 0.000000115. The molecule has 34 heteroatoms. The standard InChI is InChI=1S/C23H26FN3O3.C22H24FN3O3.C21H21BrF2N4O3.C21H23F2N5O3/c1-12-10-27(23-20(12)13(2)25-11-26-23)17-9-19(22(29)21(17)28)30-18-8-7-16(24)14-5-3-4-6-15(14)18;1-12-5-8-25-22-19(12)15(23)11-26(22)16-9-18(21(28)20(16)27)29-17-4-2-3-13-6-7-24-10-14(13)17;22-11-8-28(21-17(11)13(25)2-4-27-21)14-6-16(20(30)19(14)29)31-15-5-12(23)18(24)9-1-3-26-7-10(9)15;1-9-26-20(24)17-13(23)8-28(21(17)27-9)14-6-16(19(30)18(14)29)31-15-3-2-12(22)10-4-5-25-7-11(10)15/h7-8,10-11,17,19,21-22,28-29H,3-6,9H2,1-2H3;2-5,8,11,16,18,20-21,24,27-28H,6-7,9-10H2,1H3;2,4-5,8,14,16,19-20,26,29-30H,1,3,6-7H2,(H2,25,27);2-3,8,14,16,18-19,25,29-30H,4-7H2,1H3,(H2,24,26,27)/t17?,19?,21-,22+;16?,18?,20-,21+;14?,16?,19-,20+;14?,16?,18-,19+/m0000/s1. The van der Waals surface area contributed by atoms with Crippen LogP contribution < -0.4 is 46.4 Å². The molecule has 8 unspecified atom stereocenters. The summed E-state index contributed by atoms with van der Waals surface area (Å²) in [6.45, 7) is 11.1. The SMILES string of the molecule is Cc1ccnc2c1c(F)cn2C1CC(Oc2cccc3c2CNCC3)[C@@H](O)[C@H]1O.Cc1cn(C2CC(Oc3ccc(F)c4c3CCCC4)[C@@H](O)[C@H]2O)c2ncnc(C)c12.Cc1nc(N)c2c(F)cn(C3CC(Oc4ccc(F)c5c4CNCC5)[C@@H](O)[C@H]3O)c2n1.Nc1ccnc2c1c(Br)cn2C1CC(Oc2cc(F)c(F)c3c2CNCC3)[C@@H](O)[C@H]1O. The number of nitrogens with two attached hydrogens (primary N) is 2. The van der Waals surface area contributed by atoms with Crippen LogP contribution >= 0.6 is 15.9 Å². The topological polar surface area (TPSA) is 384 Å². The summed E-state index contributed by atoms with van der Waals surface area (Å²) in [5, 5.41) is 97.7. The molecule has 16 atom stereocenters. The Morgan fingerprint density at radius 3 is 1.49 bits per heavy atom. The van der Waals surface area contributed by atoms with Gasteiger partial charge in [-0.25, -0.2) is 56.2 Å². The van der Waals surface area contributed by atoms with Crippen molar-refractivity contribution in [2.45, 2.75) is 215 Å². The van der Waals surface area contributed by atoms with Crippen molar-refractivity contribution in [2.24, 2.45) is 0 Å². The molecule has 20 rings (SSSR count). The first-order chi connectivity index (χ1) is 58.2. The number of aromatic nitrogens is 10. The number of nitrogens with one attached hydrogen (secondary N) is 3. The highest BCUT2D eigenvalue weighted by Crippen LogP contribution is 2.46. The third kappa shape index (κ3) is 15.4. The fraction of sp³-hybridized carbons (Fsp3) is 0.425. The molecule has 3 aliphatic heterocycles. The molecule has 638 valence electrons. The number of hydrogen-bond acceptors (Lipinski definition) is 23. The first-order valence-corrected chi connectivity index (χ1v) is 41.6. The summed E-state index contributed by atoms with van der Waals surface area (Å²) in [5.74, 6) is -0.912. The summed E-state index contributed by atoms with van der Waals surface area (Å²) in [4.78, 5) is 25.7. The minimum absolute atomic E-state index is 0.0185. The largest absolute Gasteiger partial charge is 0.487 e. The molecule has 4 fully saturated rings. The quantitative estimate of drug-likeness (QED) is 0.0507. The molecule has 4 saturated carbocycles. The summed E-state index contributed by atoms with van der Waals surface area (Å²) in [5.41, 5.74) is 23.3. The number of aliphatic hydroxyl groups is 8. The van der Waals surface area contributed by atoms with Gasteiger partial charge in [-0.05, 0) is 178 Å². The van der Waals surface area contributed by atoms with Crippen molar-refractivity contribution in [3.63, 3.8) is 0 Å². The zero-order chi connectivity index (χ0) is 84.8. The minimum Gasteiger partial charge on any atom is -0.487 e. The molecule has 0 amide bonds. The number of ether oxygens (including phenoxy) is 4. The van der Waals surface area contributed by atoms with E-state index in [4.69, 9.17) is 30.4 Å². The van der Waals surface area contributed by atoms with Gasteiger partial charge in [0.1, 0.15) is 148 Å². The third-order valence-corrected chi connectivity index (χ3v) is 25.8. The van der Waals surface area contributed by atoms with Gasteiger partial charge in [-0.1, -0.05) is 12.1 Å². The number of nitrogen functional groups attached to an aromatic ring is 2. The van der Waals surface area contributed by atoms with Crippen LogP contribution in [-0.4, -0.2) is 182 Å². The molecule has 8 aliphatic rings. The summed E-state index contributed by atoms with van der Waals surface area (Å²) >= 11 is 3.48. The number of nitrogens with zero attached hydrogens (tertiary/aromatic N) is 10. The number of rotatable bonds is 12. The average molecular weight is 1740 g/mol. The Morgan fingerprint density at radius 2 is 0.884 bits per heavy atom. The third-order valence-electron chi connectivity index (χ3n) is 25.2. The summed E-state index contributed by atoms with van der Waals surface area (Å²) < 4.78 is 118. The highest BCUT2D eigenvalue weighted by Gasteiger charge is 2.50. The first-order valence-electron chi connectivity index (χ1n) is 40.8. The van der Waals surface area contributed by atoms with E-state index in [1.165, 1.54) is 47.1 Å². The molecular weight excluding hydrogens is 1640 g/mol. The van der Waals surface area contributed by atoms with Crippen molar-refractivity contribution in [3.8, 4) is 23.0 Å². The molecule has 0 saturated heterocycles. The van der Waals surface area contributed by atoms with Crippen molar-refractivity contribution >= 4 is 71.6 Å². The molecule has 121 heavy (non-hydrogen) atoms. The van der Waals surface area contributed by atoms with Crippen LogP contribution in [0.1, 0.15) is 130 Å². The van der Waals surface area contributed by atoms with Crippen LogP contribution in [0.5, 0.6) is 23.0 Å². The molecule has 15 N–H and O–H groups in total. The lowest BCUT2D eigenvalue weighted by Crippen LogP contribution is -2.35. The second kappa shape index (κ2) is 34.0. The smallest absolute Gasteiger partial charge is 0.162 e. The van der Waals surface area contributed by atoms with Gasteiger partial charge in [0.05, 0.1) is 46.0 Å². The second-order valence-corrected chi connectivity index (χ2v) is 33.4. The Labute approximate surface area is 698 Å². The van der Waals surface area contributed by atoms with Crippen LogP contribution in [0.4, 0.5) is 37.8 Å². The van der Waals surface area contributed by atoms with Gasteiger partial charge in [0.2, 0.25) is 0 Å². The maximum atomic E-state index is 14.5. The van der Waals surface area contributed by atoms with E-state index in [9.17, 15) is 67.2 Å². The highest BCUT2D eigenvalue weighted by molar-refractivity contribution is 9.10. The first kappa shape index (κ1) is 83.2. The van der Waals surface area contributed by atoms with E-state index in [1.54, 1.807) is 52.8 Å². The summed E-state index contributed by atoms with van der Waals surface area (Å²) in [6.07, 6.45) is 5.82. The second-order valence-electron chi connectivity index (χ2n) is 32.6. The lowest BCUT2D eigenvalue weighted by Gasteiger charge is -2.25. The van der Waals surface area contributed by atoms with Crippen molar-refractivity contribution in [3.05, 3.63) is 211 Å². The number of halogens is 7. The lowest BCUT2D eigenvalue weighted by molar-refractivity contribution is -0.0167. The predicted octanol–water partition coefficient (Wildman–Crippen LogP) is 9.20. The van der Waals surface area contributed by atoms with E-state index < -0.39 is 109 Å². The molecule has 11 heterocycles. The van der Waals surface area contributed by atoms with Crippen LogP contribution in [0.25, 0.3) is 44.1 Å². The Bertz CT molecular complexity index is 5940. The number of benzene rings is 4. The van der Waals surface area contributed by atoms with E-state index in [2.05, 4.69) is 67.9 Å². The molecule has 5 aliphatic carbocycles. The van der Waals surface area contributed by atoms with Crippen LogP contribution in [0.2, 0.25) is 0 Å². The molecule has 8 aromatic heterocycles. The minimum atomic E-state index is -1.22. The molecule has 0 spiro atoms. The highest BCUT2D eigenvalue weighted by atomic mass is 79.9. The monoisotopic (exact) mass is 1730 g/mol. The van der Waals surface area contributed by atoms with Crippen LogP contribution in [-0.2, 0) is 51.7 Å². The van der Waals surface area contributed by atoms with Gasteiger partial charge in [-0.15, -0.1) is 0 Å². The Morgan fingerprint density at radius 1 is 0.413 bits per heavy atom. The fourth-order valence-corrected chi connectivity index (χ4v) is 19.7. The van der Waals surface area contributed by atoms with E-state index in [0.29, 0.717) is 126 Å². The lowest BCUT2D eigenvalue weighted by atomic mass is 9.90. The predicted molar refractivity (Wildman–Crippen MR) is 439 cm³/mol. The van der Waals surface area contributed by atoms with Crippen molar-refractivity contribution < 1.29 is 86.1 Å². The maximum absolute atomic E-state index is 14.5. The van der Waals surface area contributed by atoms with Crippen molar-refractivity contribution in [1.82, 2.24) is 64.1 Å². The Kier molecular flexibility index (Phi) is 23.4. The number of anilines is 2. The summed E-state index contributed by atoms with van der Waals surface area (Å²) in [6, 6.07) is 14.3. The van der Waals surface area contributed by atoms with Gasteiger partial charge in [0, 0.05) is 132 Å². The number of hydrogen-bond donors (Lipinski definition) is 13. The zero-order valence-corrected chi connectivity index (χ0v) is 68.1. The van der Waals surface area contributed by atoms with Gasteiger partial charge < -0.3 is 105 Å². The van der Waals surface area contributed by atoms with Crippen molar-refractivity contribution in [1.29, 1.82) is 0 Å². The number of aliphatic hydroxyl groups excluding tert-OH is 8. The Hall–Kier alpha value is -10.1. The summed E-state index contributed by atoms with van der Waals surface area (Å²) in [7, 11) is 0. The zero-order valence-electron chi connectivity index (χ0n) is 66.6. The number of fused-ring (bicyclic) bond motifs is 8. The van der Waals surface area contributed by atoms with E-state index in [-0.39, 0.29) is 58.9 Å². The molecule has 27 nitrogen and oxygen atoms in total. The van der Waals surface area contributed by atoms with Crippen LogP contribution in [0, 0.1) is 62.6 Å². The molecular formula is C87H94BrF6N15O12. The van der Waals surface area contributed by atoms with Gasteiger partial charge >= 0.3 is 0 Å². The average Bonchev–Trinajstić information content (AvgIpc) is 1.61. The van der Waals surface area contributed by atoms with Crippen LogP contribution in [0.3, 0.4) is 0 Å². The number of pyridine rings is 2. The van der Waals surface area contributed by atoms with Gasteiger partial charge in [-0.2, -0.15) is 0 Å². The van der Waals surface area contributed by atoms with E-state index in [1.807, 2.05) is 43.7 Å². The molecule has 4 aromatic carbocycles. The molecule has 0 bridgehead atoms. The van der Waals surface area contributed by atoms with E-state index >= 15 is 0 Å². The fourth-order valence-electron chi connectivity index (χ4n) is 19.1. The van der Waals surface area contributed by atoms with Gasteiger partial charge in [0.25, 0.3) is 0 Å². The van der Waals surface area contributed by atoms with Crippen LogP contribution in [0.15, 0.2) is 109 Å². The maximum Gasteiger partial charge on any atom is 0.162 e.